The minimum absolute atomic E-state index is 0.104. The van der Waals surface area contributed by atoms with Crippen LogP contribution in [0.5, 0.6) is 0 Å². The number of nitrogens with one attached hydrogen (secondary N) is 1. The van der Waals surface area contributed by atoms with Crippen LogP contribution in [0.2, 0.25) is 0 Å². The average Bonchev–Trinajstić information content (AvgIpc) is 3.11. The van der Waals surface area contributed by atoms with Crippen molar-refractivity contribution in [1.82, 2.24) is 10.2 Å². The van der Waals surface area contributed by atoms with Crippen molar-refractivity contribution in [2.45, 2.75) is 38.1 Å². The lowest BCUT2D eigenvalue weighted by Crippen LogP contribution is -2.38. The van der Waals surface area contributed by atoms with Gasteiger partial charge in [-0.3, -0.25) is 9.69 Å². The number of nitrogens with zero attached hydrogens (tertiary/aromatic N) is 1. The first-order chi connectivity index (χ1) is 13.8. The normalized spacial score (nSPS) is 16.6. The smallest absolute Gasteiger partial charge is 0.224 e. The van der Waals surface area contributed by atoms with Gasteiger partial charge in [0, 0.05) is 11.4 Å². The fourth-order valence-electron chi connectivity index (χ4n) is 4.19. The Morgan fingerprint density at radius 3 is 2.54 bits per heavy atom. The maximum atomic E-state index is 12.8. The summed E-state index contributed by atoms with van der Waals surface area (Å²) in [6.07, 6.45) is 5.58. The van der Waals surface area contributed by atoms with Crippen LogP contribution in [-0.4, -0.2) is 30.4 Å². The van der Waals surface area contributed by atoms with E-state index in [-0.39, 0.29) is 11.9 Å². The molecule has 2 heterocycles. The van der Waals surface area contributed by atoms with Crippen LogP contribution in [0.15, 0.2) is 60.0 Å². The van der Waals surface area contributed by atoms with Gasteiger partial charge in [-0.1, -0.05) is 61.4 Å². The molecule has 2 aromatic carbocycles. The quantitative estimate of drug-likeness (QED) is 0.627. The molecule has 0 aliphatic carbocycles. The van der Waals surface area contributed by atoms with Crippen molar-refractivity contribution in [3.63, 3.8) is 0 Å². The number of amides is 1. The first-order valence-corrected chi connectivity index (χ1v) is 11.2. The van der Waals surface area contributed by atoms with E-state index in [0.29, 0.717) is 13.0 Å². The molecule has 3 aromatic rings. The first kappa shape index (κ1) is 19.2. The Labute approximate surface area is 171 Å². The number of carbonyl (C=O) groups is 1. The van der Waals surface area contributed by atoms with Crippen LogP contribution in [0.1, 0.15) is 42.2 Å². The number of carbonyl (C=O) groups excluding carboxylic acids is 1. The molecule has 0 radical (unpaired) electrons. The lowest BCUT2D eigenvalue weighted by molar-refractivity contribution is -0.120. The molecule has 1 aliphatic rings. The Hall–Kier alpha value is -2.17. The molecule has 0 unspecified atom stereocenters. The van der Waals surface area contributed by atoms with Crippen LogP contribution in [0.25, 0.3) is 10.8 Å². The molecule has 3 nitrogen and oxygen atoms in total. The molecule has 4 heteroatoms. The summed E-state index contributed by atoms with van der Waals surface area (Å²) in [7, 11) is 0. The van der Waals surface area contributed by atoms with Gasteiger partial charge in [0.25, 0.3) is 0 Å². The second-order valence-electron chi connectivity index (χ2n) is 7.60. The SMILES string of the molecule is O=C(Cc1cccc2ccccc12)NC[C@H](c1cccs1)N1CCCCCC1. The van der Waals surface area contributed by atoms with Gasteiger partial charge < -0.3 is 5.32 Å². The van der Waals surface area contributed by atoms with E-state index in [9.17, 15) is 4.79 Å². The Bertz CT molecular complexity index is 893. The minimum atomic E-state index is 0.104. The van der Waals surface area contributed by atoms with Gasteiger partial charge in [0.1, 0.15) is 0 Å². The van der Waals surface area contributed by atoms with Gasteiger partial charge in [-0.15, -0.1) is 11.3 Å². The molecule has 1 amide bonds. The molecule has 1 fully saturated rings. The molecule has 1 aromatic heterocycles. The van der Waals surface area contributed by atoms with Crippen molar-refractivity contribution in [2.75, 3.05) is 19.6 Å². The van der Waals surface area contributed by atoms with Crippen molar-refractivity contribution in [3.05, 3.63) is 70.4 Å². The van der Waals surface area contributed by atoms with Crippen molar-refractivity contribution in [3.8, 4) is 0 Å². The predicted octanol–water partition coefficient (Wildman–Crippen LogP) is 5.18. The number of benzene rings is 2. The van der Waals surface area contributed by atoms with Crippen molar-refractivity contribution >= 4 is 28.0 Å². The van der Waals surface area contributed by atoms with Gasteiger partial charge in [-0.25, -0.2) is 0 Å². The average molecular weight is 393 g/mol. The molecule has 146 valence electrons. The summed E-state index contributed by atoms with van der Waals surface area (Å²) in [5, 5.41) is 7.72. The molecule has 4 rings (SSSR count). The van der Waals surface area contributed by atoms with E-state index < -0.39 is 0 Å². The van der Waals surface area contributed by atoms with Crippen LogP contribution in [0, 0.1) is 0 Å². The molecular formula is C24H28N2OS. The highest BCUT2D eigenvalue weighted by molar-refractivity contribution is 7.10. The van der Waals surface area contributed by atoms with Gasteiger partial charge in [0.05, 0.1) is 12.5 Å². The van der Waals surface area contributed by atoms with Crippen molar-refractivity contribution in [2.24, 2.45) is 0 Å². The number of rotatable bonds is 6. The summed E-state index contributed by atoms with van der Waals surface area (Å²) in [5.74, 6) is 0.104. The molecule has 28 heavy (non-hydrogen) atoms. The summed E-state index contributed by atoms with van der Waals surface area (Å²) in [6.45, 7) is 2.94. The Morgan fingerprint density at radius 2 is 1.75 bits per heavy atom. The van der Waals surface area contributed by atoms with Crippen LogP contribution < -0.4 is 5.32 Å². The van der Waals surface area contributed by atoms with E-state index in [2.05, 4.69) is 52.0 Å². The minimum Gasteiger partial charge on any atom is -0.354 e. The van der Waals surface area contributed by atoms with Crippen LogP contribution in [-0.2, 0) is 11.2 Å². The highest BCUT2D eigenvalue weighted by atomic mass is 32.1. The molecule has 1 aliphatic heterocycles. The van der Waals surface area contributed by atoms with E-state index >= 15 is 0 Å². The number of hydrogen-bond donors (Lipinski definition) is 1. The zero-order valence-electron chi connectivity index (χ0n) is 16.3. The molecule has 0 saturated carbocycles. The van der Waals surface area contributed by atoms with E-state index in [1.807, 2.05) is 18.2 Å². The van der Waals surface area contributed by atoms with Gasteiger partial charge in [0.2, 0.25) is 5.91 Å². The number of fused-ring (bicyclic) bond motifs is 1. The number of thiophene rings is 1. The monoisotopic (exact) mass is 392 g/mol. The van der Waals surface area contributed by atoms with E-state index in [0.717, 1.165) is 18.7 Å². The van der Waals surface area contributed by atoms with Gasteiger partial charge >= 0.3 is 0 Å². The van der Waals surface area contributed by atoms with Crippen LogP contribution in [0.4, 0.5) is 0 Å². The predicted molar refractivity (Wildman–Crippen MR) is 118 cm³/mol. The largest absolute Gasteiger partial charge is 0.354 e. The standard InChI is InChI=1S/C24H28N2OS/c27-24(17-20-11-7-10-19-9-3-4-12-21(19)20)25-18-22(23-13-8-16-28-23)26-14-5-1-2-6-15-26/h3-4,7-13,16,22H,1-2,5-6,14-15,17-18H2,(H,25,27)/t22-/m1/s1. The topological polar surface area (TPSA) is 32.3 Å². The fraction of sp³-hybridized carbons (Fsp3) is 0.375. The lowest BCUT2D eigenvalue weighted by atomic mass is 10.0. The van der Waals surface area contributed by atoms with Gasteiger partial charge in [-0.05, 0) is 53.7 Å². The van der Waals surface area contributed by atoms with Crippen molar-refractivity contribution in [1.29, 1.82) is 0 Å². The van der Waals surface area contributed by atoms with Gasteiger partial charge in [0.15, 0.2) is 0 Å². The van der Waals surface area contributed by atoms with E-state index in [4.69, 9.17) is 0 Å². The summed E-state index contributed by atoms with van der Waals surface area (Å²) >= 11 is 1.80. The van der Waals surface area contributed by atoms with E-state index in [1.165, 1.54) is 41.3 Å². The zero-order valence-corrected chi connectivity index (χ0v) is 17.1. The van der Waals surface area contributed by atoms with E-state index in [1.54, 1.807) is 11.3 Å². The second-order valence-corrected chi connectivity index (χ2v) is 8.58. The third-order valence-corrected chi connectivity index (χ3v) is 6.65. The Kier molecular flexibility index (Phi) is 6.40. The van der Waals surface area contributed by atoms with Crippen LogP contribution in [0.3, 0.4) is 0 Å². The Morgan fingerprint density at radius 1 is 0.964 bits per heavy atom. The number of hydrogen-bond acceptors (Lipinski definition) is 3. The molecule has 0 bridgehead atoms. The zero-order chi connectivity index (χ0) is 19.2. The van der Waals surface area contributed by atoms with Gasteiger partial charge in [-0.2, -0.15) is 0 Å². The fourth-order valence-corrected chi connectivity index (χ4v) is 5.05. The third-order valence-electron chi connectivity index (χ3n) is 5.68. The Balaban J connectivity index is 1.44. The lowest BCUT2D eigenvalue weighted by Gasteiger charge is -2.30. The summed E-state index contributed by atoms with van der Waals surface area (Å²) in [6, 6.07) is 19.1. The second kappa shape index (κ2) is 9.35. The highest BCUT2D eigenvalue weighted by Crippen LogP contribution is 2.27. The maximum Gasteiger partial charge on any atom is 0.224 e. The molecular weight excluding hydrogens is 364 g/mol. The molecule has 1 N–H and O–H groups in total. The molecule has 1 saturated heterocycles. The van der Waals surface area contributed by atoms with Crippen molar-refractivity contribution < 1.29 is 4.79 Å². The first-order valence-electron chi connectivity index (χ1n) is 10.3. The summed E-state index contributed by atoms with van der Waals surface area (Å²) < 4.78 is 0. The highest BCUT2D eigenvalue weighted by Gasteiger charge is 2.23. The maximum absolute atomic E-state index is 12.8. The third kappa shape index (κ3) is 4.62. The number of likely N-dealkylation sites (tertiary alicyclic amines) is 1. The summed E-state index contributed by atoms with van der Waals surface area (Å²) in [4.78, 5) is 16.7. The molecule has 1 atom stereocenters. The molecule has 0 spiro atoms. The summed E-state index contributed by atoms with van der Waals surface area (Å²) in [5.41, 5.74) is 1.10. The van der Waals surface area contributed by atoms with Crippen LogP contribution >= 0.6 is 11.3 Å².